The average Bonchev–Trinajstić information content (AvgIpc) is 1.95. The first kappa shape index (κ1) is 8.97. The van der Waals surface area contributed by atoms with Crippen molar-refractivity contribution in [1.82, 2.24) is 0 Å². The lowest BCUT2D eigenvalue weighted by Crippen LogP contribution is -2.29. The first-order valence-electron chi connectivity index (χ1n) is 3.32. The molecule has 0 saturated heterocycles. The molecule has 10 heavy (non-hydrogen) atoms. The third kappa shape index (κ3) is 2.19. The molecule has 1 aliphatic rings. The fraction of sp³-hybridized carbons (Fsp3) is 1.00. The predicted molar refractivity (Wildman–Crippen MR) is 46.8 cm³/mol. The lowest BCUT2D eigenvalue weighted by atomic mass is 9.98. The van der Waals surface area contributed by atoms with E-state index < -0.39 is 0 Å². The van der Waals surface area contributed by atoms with Crippen LogP contribution in [0.1, 0.15) is 19.3 Å². The molecule has 0 amide bonds. The van der Waals surface area contributed by atoms with E-state index in [1.807, 2.05) is 0 Å². The molecule has 0 aromatic rings. The van der Waals surface area contributed by atoms with E-state index in [1.54, 1.807) is 0 Å². The Balaban J connectivity index is 2.33. The third-order valence-electron chi connectivity index (χ3n) is 1.79. The van der Waals surface area contributed by atoms with Gasteiger partial charge in [0, 0.05) is 9.65 Å². The van der Waals surface area contributed by atoms with Gasteiger partial charge in [0.2, 0.25) is 0 Å². The standard InChI is InChI=1S/C6H10Br2O2/c7-5-2-1-4(10-9)3-6(5)8/h4-6,9H,1-3H2. The maximum atomic E-state index is 8.36. The molecule has 1 saturated carbocycles. The van der Waals surface area contributed by atoms with Gasteiger partial charge in [0.25, 0.3) is 0 Å². The molecular weight excluding hydrogens is 264 g/mol. The Bertz CT molecular complexity index is 110. The molecule has 0 radical (unpaired) electrons. The van der Waals surface area contributed by atoms with Gasteiger partial charge in [0.15, 0.2) is 0 Å². The second kappa shape index (κ2) is 4.04. The average molecular weight is 274 g/mol. The smallest absolute Gasteiger partial charge is 0.0938 e. The fourth-order valence-corrected chi connectivity index (χ4v) is 2.30. The summed E-state index contributed by atoms with van der Waals surface area (Å²) in [6.07, 6.45) is 2.90. The summed E-state index contributed by atoms with van der Waals surface area (Å²) in [5.74, 6) is 0. The molecule has 0 aliphatic heterocycles. The van der Waals surface area contributed by atoms with Crippen LogP contribution < -0.4 is 0 Å². The second-order valence-electron chi connectivity index (χ2n) is 2.57. The minimum Gasteiger partial charge on any atom is -0.252 e. The highest BCUT2D eigenvalue weighted by Gasteiger charge is 2.27. The Kier molecular flexibility index (Phi) is 3.63. The lowest BCUT2D eigenvalue weighted by Gasteiger charge is -2.27. The monoisotopic (exact) mass is 272 g/mol. The molecule has 1 fully saturated rings. The van der Waals surface area contributed by atoms with E-state index in [4.69, 9.17) is 5.26 Å². The zero-order valence-electron chi connectivity index (χ0n) is 5.46. The van der Waals surface area contributed by atoms with Gasteiger partial charge in [0.05, 0.1) is 6.10 Å². The Labute approximate surface area is 77.1 Å². The quantitative estimate of drug-likeness (QED) is 0.452. The molecule has 2 nitrogen and oxygen atoms in total. The minimum atomic E-state index is 0.0261. The highest BCUT2D eigenvalue weighted by molar-refractivity contribution is 9.12. The maximum Gasteiger partial charge on any atom is 0.0938 e. The molecule has 1 N–H and O–H groups in total. The van der Waals surface area contributed by atoms with Crippen molar-refractivity contribution in [2.24, 2.45) is 0 Å². The number of hydrogen-bond donors (Lipinski definition) is 1. The van der Waals surface area contributed by atoms with Crippen LogP contribution in [0.4, 0.5) is 0 Å². The van der Waals surface area contributed by atoms with Crippen LogP contribution in [0.25, 0.3) is 0 Å². The van der Waals surface area contributed by atoms with Crippen LogP contribution in [-0.2, 0) is 4.89 Å². The van der Waals surface area contributed by atoms with Gasteiger partial charge in [0.1, 0.15) is 0 Å². The summed E-state index contributed by atoms with van der Waals surface area (Å²) in [5.41, 5.74) is 0. The number of hydrogen-bond acceptors (Lipinski definition) is 2. The third-order valence-corrected chi connectivity index (χ3v) is 4.61. The molecule has 0 aromatic carbocycles. The van der Waals surface area contributed by atoms with E-state index in [2.05, 4.69) is 36.7 Å². The van der Waals surface area contributed by atoms with Crippen molar-refractivity contribution >= 4 is 31.9 Å². The van der Waals surface area contributed by atoms with Crippen LogP contribution in [0.3, 0.4) is 0 Å². The van der Waals surface area contributed by atoms with Gasteiger partial charge in [-0.2, -0.15) is 0 Å². The Hall–Kier alpha value is 0.880. The summed E-state index contributed by atoms with van der Waals surface area (Å²) in [4.78, 5) is 5.21. The van der Waals surface area contributed by atoms with Crippen molar-refractivity contribution in [3.8, 4) is 0 Å². The molecule has 60 valence electrons. The molecule has 0 bridgehead atoms. The molecule has 0 aromatic heterocycles. The van der Waals surface area contributed by atoms with Crippen molar-refractivity contribution in [2.45, 2.75) is 35.0 Å². The van der Waals surface area contributed by atoms with Crippen LogP contribution >= 0.6 is 31.9 Å². The van der Waals surface area contributed by atoms with E-state index in [0.717, 1.165) is 19.3 Å². The second-order valence-corrected chi connectivity index (χ2v) is 4.92. The van der Waals surface area contributed by atoms with E-state index >= 15 is 0 Å². The van der Waals surface area contributed by atoms with Gasteiger partial charge in [-0.05, 0) is 19.3 Å². The Morgan fingerprint density at radius 2 is 1.90 bits per heavy atom. The van der Waals surface area contributed by atoms with Crippen LogP contribution in [0.15, 0.2) is 0 Å². The van der Waals surface area contributed by atoms with Gasteiger partial charge in [-0.15, -0.1) is 0 Å². The Morgan fingerprint density at radius 3 is 2.40 bits per heavy atom. The number of rotatable bonds is 1. The van der Waals surface area contributed by atoms with Gasteiger partial charge >= 0.3 is 0 Å². The van der Waals surface area contributed by atoms with Crippen LogP contribution in [0.5, 0.6) is 0 Å². The van der Waals surface area contributed by atoms with Crippen molar-refractivity contribution < 1.29 is 10.1 Å². The van der Waals surface area contributed by atoms with Gasteiger partial charge in [-0.3, -0.25) is 5.26 Å². The van der Waals surface area contributed by atoms with Gasteiger partial charge in [-0.1, -0.05) is 31.9 Å². The van der Waals surface area contributed by atoms with E-state index in [0.29, 0.717) is 9.65 Å². The highest BCUT2D eigenvalue weighted by atomic mass is 79.9. The molecule has 3 atom stereocenters. The SMILES string of the molecule is OOC1CCC(Br)C(Br)C1. The van der Waals surface area contributed by atoms with E-state index in [-0.39, 0.29) is 6.10 Å². The van der Waals surface area contributed by atoms with Crippen molar-refractivity contribution in [3.63, 3.8) is 0 Å². The van der Waals surface area contributed by atoms with Crippen molar-refractivity contribution in [2.75, 3.05) is 0 Å². The fourth-order valence-electron chi connectivity index (χ4n) is 1.14. The minimum absolute atomic E-state index is 0.0261. The van der Waals surface area contributed by atoms with E-state index in [9.17, 15) is 0 Å². The van der Waals surface area contributed by atoms with Crippen molar-refractivity contribution in [3.05, 3.63) is 0 Å². The zero-order valence-corrected chi connectivity index (χ0v) is 8.64. The van der Waals surface area contributed by atoms with Crippen LogP contribution in [0, 0.1) is 0 Å². The summed E-state index contributed by atoms with van der Waals surface area (Å²) in [5, 5.41) is 8.36. The molecule has 4 heteroatoms. The van der Waals surface area contributed by atoms with Crippen molar-refractivity contribution in [1.29, 1.82) is 0 Å². The van der Waals surface area contributed by atoms with Crippen LogP contribution in [-0.4, -0.2) is 21.0 Å². The summed E-state index contributed by atoms with van der Waals surface area (Å²) in [7, 11) is 0. The van der Waals surface area contributed by atoms with Crippen LogP contribution in [0.2, 0.25) is 0 Å². The van der Waals surface area contributed by atoms with Gasteiger partial charge in [-0.25, -0.2) is 4.89 Å². The number of halogens is 2. The molecule has 1 aliphatic carbocycles. The largest absolute Gasteiger partial charge is 0.252 e. The van der Waals surface area contributed by atoms with Gasteiger partial charge < -0.3 is 0 Å². The first-order chi connectivity index (χ1) is 4.74. The topological polar surface area (TPSA) is 29.5 Å². The molecule has 3 unspecified atom stereocenters. The zero-order chi connectivity index (χ0) is 7.56. The summed E-state index contributed by atoms with van der Waals surface area (Å²) in [6, 6.07) is 0. The molecule has 0 heterocycles. The summed E-state index contributed by atoms with van der Waals surface area (Å²) in [6.45, 7) is 0. The van der Waals surface area contributed by atoms with E-state index in [1.165, 1.54) is 0 Å². The maximum absolute atomic E-state index is 8.36. The molecular formula is C6H10Br2O2. The molecule has 0 spiro atoms. The number of alkyl halides is 2. The first-order valence-corrected chi connectivity index (χ1v) is 5.15. The summed E-state index contributed by atoms with van der Waals surface area (Å²) < 4.78 is 0. The lowest BCUT2D eigenvalue weighted by molar-refractivity contribution is -0.283. The predicted octanol–water partition coefficient (Wildman–Crippen LogP) is 2.56. The molecule has 1 rings (SSSR count). The highest BCUT2D eigenvalue weighted by Crippen LogP contribution is 2.30. The summed E-state index contributed by atoms with van der Waals surface area (Å²) >= 11 is 7.02. The Morgan fingerprint density at radius 1 is 1.20 bits per heavy atom. The normalized spacial score (nSPS) is 41.7.